The number of hydrogen-bond acceptors (Lipinski definition) is 8. The van der Waals surface area contributed by atoms with E-state index in [0.29, 0.717) is 27.6 Å². The average Bonchev–Trinajstić information content (AvgIpc) is 3.53. The minimum absolute atomic E-state index is 0.00171. The number of fused-ring (bicyclic) bond motifs is 1. The molecular weight excluding hydrogens is 470 g/mol. The summed E-state index contributed by atoms with van der Waals surface area (Å²) in [6, 6.07) is 12.9. The van der Waals surface area contributed by atoms with Crippen LogP contribution in [0.5, 0.6) is 17.2 Å². The lowest BCUT2D eigenvalue weighted by Crippen LogP contribution is -2.27. The first-order valence-corrected chi connectivity index (χ1v) is 10.9. The van der Waals surface area contributed by atoms with Gasteiger partial charge in [0.15, 0.2) is 11.5 Å². The van der Waals surface area contributed by atoms with E-state index in [9.17, 15) is 14.4 Å². The van der Waals surface area contributed by atoms with Gasteiger partial charge in [0.25, 0.3) is 11.1 Å². The Kier molecular flexibility index (Phi) is 5.57. The van der Waals surface area contributed by atoms with Gasteiger partial charge in [0.1, 0.15) is 5.75 Å². The maximum Gasteiger partial charge on any atom is 0.379 e. The molecule has 0 radical (unpaired) electrons. The molecule has 10 heteroatoms. The lowest BCUT2D eigenvalue weighted by atomic mass is 10.1. The highest BCUT2D eigenvalue weighted by atomic mass is 35.5. The van der Waals surface area contributed by atoms with Gasteiger partial charge in [-0.3, -0.25) is 14.5 Å². The number of halogens is 1. The van der Waals surface area contributed by atoms with Crippen molar-refractivity contribution in [1.82, 2.24) is 4.90 Å². The zero-order valence-electron chi connectivity index (χ0n) is 16.8. The van der Waals surface area contributed by atoms with E-state index in [1.165, 1.54) is 12.3 Å². The van der Waals surface area contributed by atoms with E-state index in [1.54, 1.807) is 48.5 Å². The van der Waals surface area contributed by atoms with Gasteiger partial charge in [-0.15, -0.1) is 0 Å². The number of imide groups is 1. The molecule has 0 saturated carbocycles. The smallest absolute Gasteiger partial charge is 0.379 e. The summed E-state index contributed by atoms with van der Waals surface area (Å²) >= 11 is 7.11. The normalized spacial score (nSPS) is 16.0. The molecule has 5 rings (SSSR count). The van der Waals surface area contributed by atoms with Crippen LogP contribution >= 0.6 is 23.4 Å². The lowest BCUT2D eigenvalue weighted by molar-refractivity contribution is -0.123. The molecule has 0 spiro atoms. The van der Waals surface area contributed by atoms with Crippen LogP contribution in [0.15, 0.2) is 64.1 Å². The van der Waals surface area contributed by atoms with Gasteiger partial charge in [0.05, 0.1) is 17.7 Å². The van der Waals surface area contributed by atoms with Crippen LogP contribution in [-0.4, -0.2) is 28.8 Å². The average molecular weight is 484 g/mol. The van der Waals surface area contributed by atoms with E-state index in [2.05, 4.69) is 0 Å². The first-order chi connectivity index (χ1) is 16.0. The van der Waals surface area contributed by atoms with E-state index in [1.807, 2.05) is 0 Å². The Labute approximate surface area is 196 Å². The maximum atomic E-state index is 12.9. The molecule has 1 fully saturated rings. The first-order valence-electron chi connectivity index (χ1n) is 9.67. The summed E-state index contributed by atoms with van der Waals surface area (Å²) in [6.45, 7) is 0.0909. The fourth-order valence-electron chi connectivity index (χ4n) is 3.26. The minimum atomic E-state index is -0.641. The molecular formula is C23H14ClNO7S. The summed E-state index contributed by atoms with van der Waals surface area (Å²) in [6.07, 6.45) is 2.94. The van der Waals surface area contributed by atoms with Gasteiger partial charge in [-0.2, -0.15) is 0 Å². The first kappa shape index (κ1) is 21.2. The predicted molar refractivity (Wildman–Crippen MR) is 119 cm³/mol. The van der Waals surface area contributed by atoms with Crippen LogP contribution in [0.3, 0.4) is 0 Å². The Morgan fingerprint density at radius 1 is 1.12 bits per heavy atom. The number of carbonyl (C=O) groups excluding carboxylic acids is 3. The van der Waals surface area contributed by atoms with Crippen molar-refractivity contribution < 1.29 is 33.0 Å². The monoisotopic (exact) mass is 483 g/mol. The summed E-state index contributed by atoms with van der Waals surface area (Å²) in [4.78, 5) is 38.9. The second kappa shape index (κ2) is 8.68. The second-order valence-corrected chi connectivity index (χ2v) is 8.40. The third-order valence-corrected chi connectivity index (χ3v) is 6.09. The fourth-order valence-corrected chi connectivity index (χ4v) is 4.31. The number of nitrogens with zero attached hydrogens (tertiary/aromatic N) is 1. The van der Waals surface area contributed by atoms with Crippen LogP contribution in [0.4, 0.5) is 4.79 Å². The van der Waals surface area contributed by atoms with Crippen molar-refractivity contribution in [3.63, 3.8) is 0 Å². The largest absolute Gasteiger partial charge is 0.457 e. The van der Waals surface area contributed by atoms with Gasteiger partial charge in [-0.1, -0.05) is 23.7 Å². The number of rotatable bonds is 5. The molecule has 3 aromatic rings. The van der Waals surface area contributed by atoms with E-state index in [4.69, 9.17) is 30.2 Å². The molecule has 33 heavy (non-hydrogen) atoms. The third-order valence-electron chi connectivity index (χ3n) is 4.83. The van der Waals surface area contributed by atoms with Crippen molar-refractivity contribution in [2.45, 2.75) is 6.54 Å². The van der Waals surface area contributed by atoms with Crippen LogP contribution in [0, 0.1) is 0 Å². The summed E-state index contributed by atoms with van der Waals surface area (Å²) in [7, 11) is 0. The molecule has 0 atom stereocenters. The Bertz CT molecular complexity index is 1300. The number of amides is 2. The topological polar surface area (TPSA) is 95.3 Å². The highest BCUT2D eigenvalue weighted by Gasteiger charge is 2.35. The van der Waals surface area contributed by atoms with E-state index >= 15 is 0 Å². The van der Waals surface area contributed by atoms with Gasteiger partial charge in [0.2, 0.25) is 12.6 Å². The van der Waals surface area contributed by atoms with Crippen LogP contribution in [0.1, 0.15) is 21.7 Å². The highest BCUT2D eigenvalue weighted by Crippen LogP contribution is 2.39. The van der Waals surface area contributed by atoms with Crippen LogP contribution in [-0.2, 0) is 11.3 Å². The predicted octanol–water partition coefficient (Wildman–Crippen LogP) is 5.12. The molecule has 2 aliphatic heterocycles. The van der Waals surface area contributed by atoms with Gasteiger partial charge in [-0.05, 0) is 59.3 Å². The summed E-state index contributed by atoms with van der Waals surface area (Å²) in [5.74, 6) is 0.290. The molecule has 0 aliphatic carbocycles. The van der Waals surface area contributed by atoms with E-state index < -0.39 is 17.1 Å². The van der Waals surface area contributed by atoms with Crippen molar-refractivity contribution in [2.24, 2.45) is 0 Å². The Morgan fingerprint density at radius 2 is 1.94 bits per heavy atom. The number of thioether (sulfide) groups is 1. The van der Waals surface area contributed by atoms with E-state index in [-0.39, 0.29) is 29.8 Å². The summed E-state index contributed by atoms with van der Waals surface area (Å²) in [5.41, 5.74) is 1.16. The molecule has 3 heterocycles. The van der Waals surface area contributed by atoms with Crippen LogP contribution in [0.25, 0.3) is 6.08 Å². The number of ether oxygens (including phenoxy) is 3. The third kappa shape index (κ3) is 4.33. The van der Waals surface area contributed by atoms with Crippen molar-refractivity contribution >= 4 is 46.6 Å². The highest BCUT2D eigenvalue weighted by molar-refractivity contribution is 8.18. The van der Waals surface area contributed by atoms with Gasteiger partial charge >= 0.3 is 5.97 Å². The Morgan fingerprint density at radius 3 is 2.73 bits per heavy atom. The zero-order valence-corrected chi connectivity index (χ0v) is 18.4. The SMILES string of the molecule is O=C(Oc1cccc(/C=C2\SC(=O)N(Cc3cc4c(cc3Cl)OCO4)C2=O)c1)c1ccco1. The van der Waals surface area contributed by atoms with Gasteiger partial charge in [0, 0.05) is 11.1 Å². The van der Waals surface area contributed by atoms with Gasteiger partial charge in [-0.25, -0.2) is 4.79 Å². The molecule has 1 saturated heterocycles. The standard InChI is InChI=1S/C23H14ClNO7S/c24-16-10-19-18(30-12-31-19)9-14(16)11-25-21(26)20(33-23(25)28)8-13-3-1-4-15(7-13)32-22(27)17-5-2-6-29-17/h1-10H,11-12H2/b20-8-. The number of furan rings is 1. The molecule has 2 amide bonds. The van der Waals surface area contributed by atoms with Crippen molar-refractivity contribution in [1.29, 1.82) is 0 Å². The van der Waals surface area contributed by atoms with Crippen LogP contribution < -0.4 is 14.2 Å². The Balaban J connectivity index is 1.33. The molecule has 0 N–H and O–H groups in total. The molecule has 0 bridgehead atoms. The van der Waals surface area contributed by atoms with Crippen molar-refractivity contribution in [2.75, 3.05) is 6.79 Å². The number of carbonyl (C=O) groups is 3. The number of esters is 1. The quantitative estimate of drug-likeness (QED) is 0.280. The maximum absolute atomic E-state index is 12.9. The fraction of sp³-hybridized carbons (Fsp3) is 0.0870. The number of hydrogen-bond donors (Lipinski definition) is 0. The molecule has 166 valence electrons. The minimum Gasteiger partial charge on any atom is -0.457 e. The van der Waals surface area contributed by atoms with Gasteiger partial charge < -0.3 is 18.6 Å². The molecule has 2 aliphatic rings. The summed E-state index contributed by atoms with van der Waals surface area (Å²) < 4.78 is 20.9. The second-order valence-electron chi connectivity index (χ2n) is 7.00. The number of benzene rings is 2. The lowest BCUT2D eigenvalue weighted by Gasteiger charge is -2.14. The van der Waals surface area contributed by atoms with Crippen molar-refractivity contribution in [3.05, 3.63) is 81.6 Å². The Hall–Kier alpha value is -3.69. The zero-order chi connectivity index (χ0) is 22.9. The van der Waals surface area contributed by atoms with Crippen LogP contribution in [0.2, 0.25) is 5.02 Å². The molecule has 0 unspecified atom stereocenters. The molecule has 2 aromatic carbocycles. The molecule has 1 aromatic heterocycles. The van der Waals surface area contributed by atoms with Crippen molar-refractivity contribution in [3.8, 4) is 17.2 Å². The molecule has 8 nitrogen and oxygen atoms in total. The van der Waals surface area contributed by atoms with E-state index in [0.717, 1.165) is 16.7 Å². The summed E-state index contributed by atoms with van der Waals surface area (Å²) in [5, 5.41) is -0.0475.